The van der Waals surface area contributed by atoms with Gasteiger partial charge in [0.05, 0.1) is 35.8 Å². The third-order valence-electron chi connectivity index (χ3n) is 13.2. The van der Waals surface area contributed by atoms with E-state index in [-0.39, 0.29) is 30.8 Å². The van der Waals surface area contributed by atoms with Crippen LogP contribution in [-0.4, -0.2) is 120 Å². The molecule has 1 aromatic heterocycles. The summed E-state index contributed by atoms with van der Waals surface area (Å²) in [6, 6.07) is 15.0. The second kappa shape index (κ2) is 15.5. The van der Waals surface area contributed by atoms with E-state index in [4.69, 9.17) is 15.7 Å². The van der Waals surface area contributed by atoms with E-state index in [1.54, 1.807) is 6.07 Å². The Labute approximate surface area is 328 Å². The maximum Gasteiger partial charge on any atom is 0.262 e. The van der Waals surface area contributed by atoms with Gasteiger partial charge in [0.15, 0.2) is 5.78 Å². The number of rotatable bonds is 9. The number of nitrogen functional groups attached to an aromatic ring is 1. The van der Waals surface area contributed by atoms with Crippen LogP contribution < -0.4 is 15.5 Å². The minimum atomic E-state index is -0.835. The Hall–Kier alpha value is -4.94. The summed E-state index contributed by atoms with van der Waals surface area (Å²) in [5.74, 6) is 1.18. The number of hydrogen-bond acceptors (Lipinski definition) is 11. The van der Waals surface area contributed by atoms with Crippen molar-refractivity contribution in [3.8, 4) is 0 Å². The first-order chi connectivity index (χ1) is 27.3. The molecule has 5 aliphatic heterocycles. The Kier molecular flexibility index (Phi) is 10.2. The molecule has 12 heteroatoms. The molecule has 2 amide bonds. The number of nitrogens with zero attached hydrogens (tertiary/aromatic N) is 7. The number of benzene rings is 2. The highest BCUT2D eigenvalue weighted by Gasteiger charge is 2.44. The average Bonchev–Trinajstić information content (AvgIpc) is 3.75. The number of aromatic nitrogens is 1. The first-order valence-electron chi connectivity index (χ1n) is 20.7. The van der Waals surface area contributed by atoms with Gasteiger partial charge in [0.1, 0.15) is 11.6 Å². The van der Waals surface area contributed by atoms with Crippen molar-refractivity contribution < 1.29 is 19.2 Å². The number of carbonyl (C=O) groups excluding carboxylic acids is 4. The summed E-state index contributed by atoms with van der Waals surface area (Å²) in [6.07, 6.45) is 8.18. The van der Waals surface area contributed by atoms with Crippen LogP contribution in [0.2, 0.25) is 0 Å². The molecule has 56 heavy (non-hydrogen) atoms. The van der Waals surface area contributed by atoms with E-state index in [0.29, 0.717) is 23.6 Å². The van der Waals surface area contributed by atoms with Crippen LogP contribution in [-0.2, 0) is 16.1 Å². The Bertz CT molecular complexity index is 2060. The molecule has 1 saturated carbocycles. The molecule has 6 aliphatic rings. The minimum absolute atomic E-state index is 0.124. The molecule has 4 fully saturated rings. The number of piperazine rings is 1. The highest BCUT2D eigenvalue weighted by atomic mass is 16.2. The van der Waals surface area contributed by atoms with Crippen molar-refractivity contribution in [1.82, 2.24) is 19.7 Å². The minimum Gasteiger partial charge on any atom is -0.399 e. The number of fused-ring (bicyclic) bond motifs is 2. The fourth-order valence-corrected chi connectivity index (χ4v) is 9.81. The van der Waals surface area contributed by atoms with Gasteiger partial charge in [0.25, 0.3) is 11.8 Å². The van der Waals surface area contributed by atoms with Gasteiger partial charge in [-0.1, -0.05) is 6.07 Å². The van der Waals surface area contributed by atoms with Crippen molar-refractivity contribution in [2.24, 2.45) is 16.8 Å². The molecule has 0 spiro atoms. The number of Topliss-reactive ketones (excluding diaryl/α,β-unsaturated/α-hetero) is 2. The summed E-state index contributed by atoms with van der Waals surface area (Å²) in [4.78, 5) is 71.5. The molecule has 3 saturated heterocycles. The molecule has 292 valence electrons. The molecule has 2 aromatic carbocycles. The van der Waals surface area contributed by atoms with Gasteiger partial charge in [-0.05, 0) is 118 Å². The summed E-state index contributed by atoms with van der Waals surface area (Å²) in [7, 11) is 0. The van der Waals surface area contributed by atoms with Crippen LogP contribution in [0.15, 0.2) is 59.7 Å². The predicted molar refractivity (Wildman–Crippen MR) is 216 cm³/mol. The lowest BCUT2D eigenvalue weighted by atomic mass is 9.90. The second-order valence-electron chi connectivity index (χ2n) is 16.7. The number of aliphatic imine (C=N–C) groups is 1. The Morgan fingerprint density at radius 3 is 2.25 bits per heavy atom. The third-order valence-corrected chi connectivity index (χ3v) is 13.2. The number of imide groups is 1. The van der Waals surface area contributed by atoms with Gasteiger partial charge in [0.2, 0.25) is 0 Å². The molecule has 1 unspecified atom stereocenters. The zero-order chi connectivity index (χ0) is 38.3. The predicted octanol–water partition coefficient (Wildman–Crippen LogP) is 4.44. The largest absolute Gasteiger partial charge is 0.399 e. The van der Waals surface area contributed by atoms with Crippen molar-refractivity contribution in [2.75, 3.05) is 81.0 Å². The van der Waals surface area contributed by atoms with Crippen LogP contribution in [0.25, 0.3) is 0 Å². The summed E-state index contributed by atoms with van der Waals surface area (Å²) in [5.41, 5.74) is 13.0. The van der Waals surface area contributed by atoms with E-state index >= 15 is 0 Å². The highest BCUT2D eigenvalue weighted by Crippen LogP contribution is 2.34. The second-order valence-corrected chi connectivity index (χ2v) is 16.7. The SMILES string of the molecule is Nc1ccc2c(c1)C(c1ccnc(N3CCN(CCC4CCN(CC5CCN(c6ccc7c(c6)C(=O)N(C6CCC(=O)CC6=O)C7=O)CC5)CC4)CC3)c1)=NC2. The zero-order valence-corrected chi connectivity index (χ0v) is 32.2. The maximum atomic E-state index is 13.4. The summed E-state index contributed by atoms with van der Waals surface area (Å²) >= 11 is 0. The van der Waals surface area contributed by atoms with E-state index in [1.807, 2.05) is 30.5 Å². The molecule has 12 nitrogen and oxygen atoms in total. The molecule has 0 bridgehead atoms. The summed E-state index contributed by atoms with van der Waals surface area (Å²) < 4.78 is 0. The number of amides is 2. The highest BCUT2D eigenvalue weighted by molar-refractivity contribution is 6.24. The number of pyridine rings is 1. The van der Waals surface area contributed by atoms with Crippen LogP contribution in [0, 0.1) is 11.8 Å². The number of carbonyl (C=O) groups is 4. The van der Waals surface area contributed by atoms with Crippen LogP contribution in [0.5, 0.6) is 0 Å². The van der Waals surface area contributed by atoms with Gasteiger partial charge < -0.3 is 20.4 Å². The van der Waals surface area contributed by atoms with Crippen molar-refractivity contribution in [2.45, 2.75) is 64.0 Å². The number of ketones is 2. The van der Waals surface area contributed by atoms with Crippen molar-refractivity contribution in [3.63, 3.8) is 0 Å². The maximum absolute atomic E-state index is 13.4. The van der Waals surface area contributed by atoms with Crippen LogP contribution in [0.3, 0.4) is 0 Å². The molecule has 1 aliphatic carbocycles. The van der Waals surface area contributed by atoms with E-state index in [1.165, 1.54) is 44.5 Å². The smallest absolute Gasteiger partial charge is 0.262 e. The van der Waals surface area contributed by atoms with Gasteiger partial charge in [-0.2, -0.15) is 0 Å². The van der Waals surface area contributed by atoms with Crippen molar-refractivity contribution >= 4 is 46.3 Å². The molecule has 2 N–H and O–H groups in total. The van der Waals surface area contributed by atoms with E-state index in [2.05, 4.69) is 37.8 Å². The van der Waals surface area contributed by atoms with E-state index in [0.717, 1.165) is 104 Å². The first-order valence-corrected chi connectivity index (χ1v) is 20.7. The quantitative estimate of drug-likeness (QED) is 0.190. The number of hydrogen-bond donors (Lipinski definition) is 1. The molecular weight excluding hydrogens is 705 g/mol. The molecule has 9 rings (SSSR count). The Balaban J connectivity index is 0.691. The fourth-order valence-electron chi connectivity index (χ4n) is 9.81. The topological polar surface area (TPSA) is 136 Å². The van der Waals surface area contributed by atoms with Crippen molar-refractivity contribution in [3.05, 3.63) is 82.5 Å². The van der Waals surface area contributed by atoms with E-state index in [9.17, 15) is 19.2 Å². The zero-order valence-electron chi connectivity index (χ0n) is 32.2. The lowest BCUT2D eigenvalue weighted by Gasteiger charge is -2.39. The van der Waals surface area contributed by atoms with Crippen molar-refractivity contribution in [1.29, 1.82) is 0 Å². The van der Waals surface area contributed by atoms with Gasteiger partial charge >= 0.3 is 0 Å². The third kappa shape index (κ3) is 7.36. The number of piperidine rings is 2. The molecule has 6 heterocycles. The molecule has 3 aromatic rings. The van der Waals surface area contributed by atoms with E-state index < -0.39 is 17.9 Å². The number of likely N-dealkylation sites (tertiary alicyclic amines) is 1. The number of nitrogens with two attached hydrogens (primary N) is 1. The summed E-state index contributed by atoms with van der Waals surface area (Å²) in [5, 5.41) is 0. The monoisotopic (exact) mass is 756 g/mol. The lowest BCUT2D eigenvalue weighted by molar-refractivity contribution is -0.132. The number of anilines is 3. The molecular formula is C44H52N8O4. The Morgan fingerprint density at radius 2 is 1.46 bits per heavy atom. The molecule has 0 radical (unpaired) electrons. The van der Waals surface area contributed by atoms with Crippen LogP contribution in [0.4, 0.5) is 17.2 Å². The van der Waals surface area contributed by atoms with Gasteiger partial charge in [-0.25, -0.2) is 4.98 Å². The molecule has 1 atom stereocenters. The van der Waals surface area contributed by atoms with Gasteiger partial charge in [-0.3, -0.25) is 34.0 Å². The fraction of sp³-hybridized carbons (Fsp3) is 0.500. The summed E-state index contributed by atoms with van der Waals surface area (Å²) in [6.45, 7) is 11.3. The normalized spacial score (nSPS) is 22.9. The first kappa shape index (κ1) is 36.7. The van der Waals surface area contributed by atoms with Gasteiger partial charge in [-0.15, -0.1) is 0 Å². The average molecular weight is 757 g/mol. The van der Waals surface area contributed by atoms with Gasteiger partial charge in [0, 0.05) is 80.9 Å². The lowest BCUT2D eigenvalue weighted by Crippen LogP contribution is -2.47. The standard InChI is InChI=1S/C44H52N8O4/c45-33-2-1-32-27-47-42(37(32)24-33)31-7-13-46-41(23-31)51-21-19-48(20-22-51)14-8-29-9-15-49(16-10-29)28-30-11-17-50(18-12-30)34-3-5-36-38(25-34)44(56)52(43(36)55)39-6-4-35(53)26-40(39)54/h1-3,5,7,13,23-25,29-30,39H,4,6,8-12,14-22,26-28,45H2. The van der Waals surface area contributed by atoms with Crippen LogP contribution in [0.1, 0.15) is 88.8 Å². The Morgan fingerprint density at radius 1 is 0.696 bits per heavy atom. The van der Waals surface area contributed by atoms with Crippen LogP contribution >= 0.6 is 0 Å².